The predicted molar refractivity (Wildman–Crippen MR) is 79.2 cm³/mol. The van der Waals surface area contributed by atoms with Crippen LogP contribution in [0.25, 0.3) is 0 Å². The first-order valence-corrected chi connectivity index (χ1v) is 8.35. The number of sulfonamides is 1. The van der Waals surface area contributed by atoms with Crippen molar-refractivity contribution in [3.05, 3.63) is 24.3 Å². The van der Waals surface area contributed by atoms with Crippen LogP contribution in [0.5, 0.6) is 0 Å². The number of hydrogen-bond donors (Lipinski definition) is 2. The second-order valence-electron chi connectivity index (χ2n) is 5.19. The number of nitrogens with zero attached hydrogens (tertiary/aromatic N) is 1. The molecule has 0 bridgehead atoms. The average molecular weight is 298 g/mol. The molecular weight excluding hydrogens is 276 g/mol. The highest BCUT2D eigenvalue weighted by molar-refractivity contribution is 7.89. The van der Waals surface area contributed by atoms with Crippen molar-refractivity contribution in [3.8, 4) is 0 Å². The zero-order valence-electron chi connectivity index (χ0n) is 11.9. The van der Waals surface area contributed by atoms with E-state index in [1.165, 1.54) is 4.31 Å². The molecule has 2 rings (SSSR count). The number of para-hydroxylation sites is 1. The molecule has 6 heteroatoms. The Kier molecular flexibility index (Phi) is 4.67. The molecule has 2 N–H and O–H groups in total. The smallest absolute Gasteiger partial charge is 0.245 e. The van der Waals surface area contributed by atoms with Crippen molar-refractivity contribution in [2.45, 2.75) is 42.7 Å². The fourth-order valence-corrected chi connectivity index (χ4v) is 4.36. The molecule has 1 aliphatic rings. The van der Waals surface area contributed by atoms with Crippen molar-refractivity contribution in [2.24, 2.45) is 0 Å². The van der Waals surface area contributed by atoms with Gasteiger partial charge in [-0.15, -0.1) is 0 Å². The summed E-state index contributed by atoms with van der Waals surface area (Å²) in [5.41, 5.74) is 0.574. The van der Waals surface area contributed by atoms with Crippen molar-refractivity contribution in [1.82, 2.24) is 4.31 Å². The first-order chi connectivity index (χ1) is 9.48. The summed E-state index contributed by atoms with van der Waals surface area (Å²) in [6.45, 7) is 0. The summed E-state index contributed by atoms with van der Waals surface area (Å²) >= 11 is 0. The molecule has 2 unspecified atom stereocenters. The SMILES string of the molecule is CNc1ccccc1S(=O)(=O)N(C)C1CCCCC1O. The fourth-order valence-electron chi connectivity index (χ4n) is 2.75. The van der Waals surface area contributed by atoms with Crippen LogP contribution in [0.1, 0.15) is 25.7 Å². The van der Waals surface area contributed by atoms with Gasteiger partial charge in [-0.2, -0.15) is 4.31 Å². The Balaban J connectivity index is 2.34. The van der Waals surface area contributed by atoms with Gasteiger partial charge in [-0.25, -0.2) is 8.42 Å². The Hall–Kier alpha value is -1.11. The van der Waals surface area contributed by atoms with E-state index in [0.717, 1.165) is 12.8 Å². The second-order valence-corrected chi connectivity index (χ2v) is 7.15. The van der Waals surface area contributed by atoms with Crippen LogP contribution in [0.15, 0.2) is 29.2 Å². The van der Waals surface area contributed by atoms with Crippen molar-refractivity contribution < 1.29 is 13.5 Å². The van der Waals surface area contributed by atoms with E-state index in [4.69, 9.17) is 0 Å². The number of likely N-dealkylation sites (N-methyl/N-ethyl adjacent to an activating group) is 1. The van der Waals surface area contributed by atoms with Crippen LogP contribution >= 0.6 is 0 Å². The summed E-state index contributed by atoms with van der Waals surface area (Å²) in [4.78, 5) is 0.253. The largest absolute Gasteiger partial charge is 0.391 e. The van der Waals surface area contributed by atoms with Crippen molar-refractivity contribution in [2.75, 3.05) is 19.4 Å². The molecule has 1 saturated carbocycles. The zero-order valence-corrected chi connectivity index (χ0v) is 12.7. The third-order valence-electron chi connectivity index (χ3n) is 3.97. The lowest BCUT2D eigenvalue weighted by Gasteiger charge is -2.34. The molecule has 20 heavy (non-hydrogen) atoms. The standard InChI is InChI=1S/C14H22N2O3S/c1-15-11-7-3-6-10-14(11)20(18,19)16(2)12-8-4-5-9-13(12)17/h3,6-7,10,12-13,15,17H,4-5,8-9H2,1-2H3. The van der Waals surface area contributed by atoms with E-state index in [1.807, 2.05) is 0 Å². The van der Waals surface area contributed by atoms with Crippen LogP contribution < -0.4 is 5.32 Å². The van der Waals surface area contributed by atoms with Gasteiger partial charge >= 0.3 is 0 Å². The number of hydrogen-bond acceptors (Lipinski definition) is 4. The topological polar surface area (TPSA) is 69.6 Å². The molecule has 0 aromatic heterocycles. The fraction of sp³-hybridized carbons (Fsp3) is 0.571. The molecule has 0 aliphatic heterocycles. The maximum atomic E-state index is 12.7. The molecule has 112 valence electrons. The van der Waals surface area contributed by atoms with E-state index in [-0.39, 0.29) is 10.9 Å². The molecule has 5 nitrogen and oxygen atoms in total. The lowest BCUT2D eigenvalue weighted by Crippen LogP contribution is -2.46. The highest BCUT2D eigenvalue weighted by Gasteiger charge is 2.35. The summed E-state index contributed by atoms with van der Waals surface area (Å²) in [6, 6.07) is 6.49. The summed E-state index contributed by atoms with van der Waals surface area (Å²) in [5, 5.41) is 13.0. The normalized spacial score (nSPS) is 23.8. The van der Waals surface area contributed by atoms with Gasteiger partial charge in [-0.3, -0.25) is 0 Å². The van der Waals surface area contributed by atoms with Crippen LogP contribution in [0.2, 0.25) is 0 Å². The Morgan fingerprint density at radius 3 is 2.55 bits per heavy atom. The van der Waals surface area contributed by atoms with Gasteiger partial charge in [0.1, 0.15) is 4.90 Å². The van der Waals surface area contributed by atoms with Crippen molar-refractivity contribution in [3.63, 3.8) is 0 Å². The second kappa shape index (κ2) is 6.11. The van der Waals surface area contributed by atoms with E-state index < -0.39 is 16.1 Å². The van der Waals surface area contributed by atoms with Gasteiger partial charge in [-0.1, -0.05) is 25.0 Å². The monoisotopic (exact) mass is 298 g/mol. The number of nitrogens with one attached hydrogen (secondary N) is 1. The number of benzene rings is 1. The average Bonchev–Trinajstić information content (AvgIpc) is 2.47. The van der Waals surface area contributed by atoms with E-state index in [2.05, 4.69) is 5.32 Å². The van der Waals surface area contributed by atoms with Gasteiger partial charge in [-0.05, 0) is 25.0 Å². The molecule has 0 amide bonds. The molecule has 1 aromatic rings. The van der Waals surface area contributed by atoms with Gasteiger partial charge in [0.25, 0.3) is 0 Å². The first-order valence-electron chi connectivity index (χ1n) is 6.91. The summed E-state index contributed by atoms with van der Waals surface area (Å²) < 4.78 is 26.8. The third-order valence-corrected chi connectivity index (χ3v) is 5.92. The Labute approximate surface area is 120 Å². The van der Waals surface area contributed by atoms with Crippen LogP contribution in [0.4, 0.5) is 5.69 Å². The van der Waals surface area contributed by atoms with Gasteiger partial charge in [0, 0.05) is 14.1 Å². The molecule has 2 atom stereocenters. The first kappa shape index (κ1) is 15.3. The Bertz CT molecular complexity index is 559. The maximum Gasteiger partial charge on any atom is 0.245 e. The lowest BCUT2D eigenvalue weighted by molar-refractivity contribution is 0.0638. The Morgan fingerprint density at radius 2 is 1.90 bits per heavy atom. The minimum Gasteiger partial charge on any atom is -0.391 e. The molecule has 1 fully saturated rings. The van der Waals surface area contributed by atoms with E-state index in [0.29, 0.717) is 18.5 Å². The quantitative estimate of drug-likeness (QED) is 0.887. The van der Waals surface area contributed by atoms with Crippen LogP contribution in [0.3, 0.4) is 0 Å². The van der Waals surface area contributed by atoms with Crippen LogP contribution in [-0.4, -0.2) is 44.1 Å². The van der Waals surface area contributed by atoms with Crippen LogP contribution in [-0.2, 0) is 10.0 Å². The third kappa shape index (κ3) is 2.82. The molecule has 1 aliphatic carbocycles. The molecule has 0 heterocycles. The minimum atomic E-state index is -3.60. The number of anilines is 1. The van der Waals surface area contributed by atoms with Crippen LogP contribution in [0, 0.1) is 0 Å². The molecule has 0 spiro atoms. The highest BCUT2D eigenvalue weighted by atomic mass is 32.2. The number of aliphatic hydroxyl groups is 1. The van der Waals surface area contributed by atoms with Gasteiger partial charge in [0.2, 0.25) is 10.0 Å². The van der Waals surface area contributed by atoms with Crippen molar-refractivity contribution in [1.29, 1.82) is 0 Å². The van der Waals surface area contributed by atoms with E-state index in [9.17, 15) is 13.5 Å². The van der Waals surface area contributed by atoms with Gasteiger partial charge in [0.05, 0.1) is 17.8 Å². The summed E-state index contributed by atoms with van der Waals surface area (Å²) in [6.07, 6.45) is 2.70. The van der Waals surface area contributed by atoms with E-state index >= 15 is 0 Å². The number of rotatable bonds is 4. The van der Waals surface area contributed by atoms with Gasteiger partial charge in [0.15, 0.2) is 0 Å². The molecule has 0 radical (unpaired) electrons. The number of aliphatic hydroxyl groups excluding tert-OH is 1. The summed E-state index contributed by atoms with van der Waals surface area (Å²) in [5.74, 6) is 0. The lowest BCUT2D eigenvalue weighted by atomic mass is 9.93. The minimum absolute atomic E-state index is 0.253. The molecule has 1 aromatic carbocycles. The predicted octanol–water partition coefficient (Wildman–Crippen LogP) is 1.65. The summed E-state index contributed by atoms with van der Waals surface area (Å²) in [7, 11) is -0.349. The zero-order chi connectivity index (χ0) is 14.8. The van der Waals surface area contributed by atoms with Gasteiger partial charge < -0.3 is 10.4 Å². The Morgan fingerprint density at radius 1 is 1.25 bits per heavy atom. The molecule has 0 saturated heterocycles. The highest BCUT2D eigenvalue weighted by Crippen LogP contribution is 2.29. The maximum absolute atomic E-state index is 12.7. The molecular formula is C14H22N2O3S. The van der Waals surface area contributed by atoms with Crippen molar-refractivity contribution >= 4 is 15.7 Å². The van der Waals surface area contributed by atoms with E-state index in [1.54, 1.807) is 38.4 Å².